The molecule has 0 saturated heterocycles. The molecule has 0 unspecified atom stereocenters. The van der Waals surface area contributed by atoms with Crippen LogP contribution in [0.5, 0.6) is 0 Å². The molecule has 2 aromatic rings. The summed E-state index contributed by atoms with van der Waals surface area (Å²) in [6.07, 6.45) is 0. The molecule has 1 heterocycles. The fourth-order valence-corrected chi connectivity index (χ4v) is 2.40. The van der Waals surface area contributed by atoms with E-state index >= 15 is 0 Å². The highest BCUT2D eigenvalue weighted by molar-refractivity contribution is 9.10. The van der Waals surface area contributed by atoms with Crippen molar-refractivity contribution in [3.05, 3.63) is 45.4 Å². The van der Waals surface area contributed by atoms with Crippen LogP contribution >= 0.6 is 15.9 Å². The second-order valence-corrected chi connectivity index (χ2v) is 5.54. The van der Waals surface area contributed by atoms with Gasteiger partial charge in [-0.15, -0.1) is 5.10 Å². The Hall–Kier alpha value is -1.76. The van der Waals surface area contributed by atoms with E-state index in [0.29, 0.717) is 16.7 Å². The van der Waals surface area contributed by atoms with Crippen molar-refractivity contribution in [1.82, 2.24) is 15.0 Å². The lowest BCUT2D eigenvalue weighted by Crippen LogP contribution is -2.11. The summed E-state index contributed by atoms with van der Waals surface area (Å²) >= 11 is 3.12. The van der Waals surface area contributed by atoms with E-state index in [-0.39, 0.29) is 17.4 Å². The SMILES string of the molecule is CC(C)c1c(C(=O)O)nnn1Cc1ccc(F)c(Br)c1. The van der Waals surface area contributed by atoms with Crippen molar-refractivity contribution in [1.29, 1.82) is 0 Å². The van der Waals surface area contributed by atoms with Crippen molar-refractivity contribution in [3.63, 3.8) is 0 Å². The van der Waals surface area contributed by atoms with Crippen molar-refractivity contribution in [2.75, 3.05) is 0 Å². The molecule has 1 aromatic heterocycles. The van der Waals surface area contributed by atoms with E-state index in [9.17, 15) is 9.18 Å². The third kappa shape index (κ3) is 2.87. The van der Waals surface area contributed by atoms with Crippen LogP contribution in [0.2, 0.25) is 0 Å². The Morgan fingerprint density at radius 1 is 1.50 bits per heavy atom. The number of aromatic carboxylic acids is 1. The van der Waals surface area contributed by atoms with Crippen LogP contribution in [0.3, 0.4) is 0 Å². The Balaban J connectivity index is 2.38. The van der Waals surface area contributed by atoms with Gasteiger partial charge in [0.25, 0.3) is 0 Å². The van der Waals surface area contributed by atoms with Gasteiger partial charge >= 0.3 is 5.97 Å². The van der Waals surface area contributed by atoms with E-state index in [0.717, 1.165) is 5.56 Å². The fourth-order valence-electron chi connectivity index (χ4n) is 1.97. The van der Waals surface area contributed by atoms with Gasteiger partial charge in [-0.3, -0.25) is 0 Å². The minimum atomic E-state index is -1.10. The molecule has 0 saturated carbocycles. The zero-order valence-electron chi connectivity index (χ0n) is 11.0. The summed E-state index contributed by atoms with van der Waals surface area (Å²) in [7, 11) is 0. The van der Waals surface area contributed by atoms with E-state index in [1.807, 2.05) is 13.8 Å². The maximum Gasteiger partial charge on any atom is 0.358 e. The zero-order chi connectivity index (χ0) is 14.9. The second-order valence-electron chi connectivity index (χ2n) is 4.69. The smallest absolute Gasteiger partial charge is 0.358 e. The summed E-state index contributed by atoms with van der Waals surface area (Å²) < 4.78 is 15.1. The lowest BCUT2D eigenvalue weighted by molar-refractivity contribution is 0.0688. The van der Waals surface area contributed by atoms with Gasteiger partial charge in [-0.2, -0.15) is 0 Å². The highest BCUT2D eigenvalue weighted by Gasteiger charge is 2.21. The summed E-state index contributed by atoms with van der Waals surface area (Å²) in [5, 5.41) is 16.7. The van der Waals surface area contributed by atoms with E-state index in [2.05, 4.69) is 26.2 Å². The molecule has 1 aromatic carbocycles. The minimum Gasteiger partial charge on any atom is -0.476 e. The van der Waals surface area contributed by atoms with E-state index in [1.54, 1.807) is 12.1 Å². The van der Waals surface area contributed by atoms with Gasteiger partial charge in [0, 0.05) is 0 Å². The number of rotatable bonds is 4. The van der Waals surface area contributed by atoms with Crippen molar-refractivity contribution in [3.8, 4) is 0 Å². The standard InChI is InChI=1S/C13H13BrFN3O2/c1-7(2)12-11(13(19)20)16-17-18(12)6-8-3-4-10(15)9(14)5-8/h3-5,7H,6H2,1-2H3,(H,19,20). The molecule has 1 N–H and O–H groups in total. The molecule has 0 aliphatic heterocycles. The highest BCUT2D eigenvalue weighted by Crippen LogP contribution is 2.21. The first-order chi connectivity index (χ1) is 9.40. The number of aromatic nitrogens is 3. The van der Waals surface area contributed by atoms with Crippen LogP contribution in [-0.4, -0.2) is 26.1 Å². The summed E-state index contributed by atoms with van der Waals surface area (Å²) in [6, 6.07) is 4.62. The molecule has 0 aliphatic carbocycles. The summed E-state index contributed by atoms with van der Waals surface area (Å²) in [5.74, 6) is -1.47. The van der Waals surface area contributed by atoms with Crippen LogP contribution in [0.15, 0.2) is 22.7 Å². The van der Waals surface area contributed by atoms with Crippen LogP contribution in [0.25, 0.3) is 0 Å². The minimum absolute atomic E-state index is 0.0278. The van der Waals surface area contributed by atoms with Crippen molar-refractivity contribution < 1.29 is 14.3 Å². The third-order valence-electron chi connectivity index (χ3n) is 2.84. The number of benzene rings is 1. The Morgan fingerprint density at radius 2 is 2.20 bits per heavy atom. The predicted octanol–water partition coefficient (Wildman–Crippen LogP) is 3.05. The molecule has 0 radical (unpaired) electrons. The molecule has 0 aliphatic rings. The van der Waals surface area contributed by atoms with Crippen LogP contribution in [0.1, 0.15) is 41.5 Å². The van der Waals surface area contributed by atoms with Crippen molar-refractivity contribution in [2.24, 2.45) is 0 Å². The van der Waals surface area contributed by atoms with Crippen molar-refractivity contribution >= 4 is 21.9 Å². The fraction of sp³-hybridized carbons (Fsp3) is 0.308. The van der Waals surface area contributed by atoms with E-state index < -0.39 is 5.97 Å². The van der Waals surface area contributed by atoms with Crippen molar-refractivity contribution in [2.45, 2.75) is 26.3 Å². The first-order valence-electron chi connectivity index (χ1n) is 6.00. The van der Waals surface area contributed by atoms with Gasteiger partial charge in [-0.25, -0.2) is 13.9 Å². The number of carboxylic acid groups (broad SMARTS) is 1. The maximum absolute atomic E-state index is 13.2. The van der Waals surface area contributed by atoms with Crippen LogP contribution in [0.4, 0.5) is 4.39 Å². The molecule has 0 amide bonds. The maximum atomic E-state index is 13.2. The molecule has 0 fully saturated rings. The third-order valence-corrected chi connectivity index (χ3v) is 3.45. The molecule has 0 bridgehead atoms. The molecule has 5 nitrogen and oxygen atoms in total. The highest BCUT2D eigenvalue weighted by atomic mass is 79.9. The van der Waals surface area contributed by atoms with Crippen LogP contribution in [-0.2, 0) is 6.54 Å². The number of hydrogen-bond donors (Lipinski definition) is 1. The van der Waals surface area contributed by atoms with Gasteiger partial charge in [0.05, 0.1) is 16.7 Å². The zero-order valence-corrected chi connectivity index (χ0v) is 12.6. The number of hydrogen-bond acceptors (Lipinski definition) is 3. The molecular formula is C13H13BrFN3O2. The Labute approximate surface area is 123 Å². The molecule has 106 valence electrons. The molecular weight excluding hydrogens is 329 g/mol. The molecule has 2 rings (SSSR count). The number of nitrogens with zero attached hydrogens (tertiary/aromatic N) is 3. The van der Waals surface area contributed by atoms with Gasteiger partial charge in [0.2, 0.25) is 0 Å². The topological polar surface area (TPSA) is 68.0 Å². The monoisotopic (exact) mass is 341 g/mol. The lowest BCUT2D eigenvalue weighted by atomic mass is 10.1. The average Bonchev–Trinajstić information content (AvgIpc) is 2.78. The van der Waals surface area contributed by atoms with E-state index in [1.165, 1.54) is 10.7 Å². The first-order valence-corrected chi connectivity index (χ1v) is 6.80. The van der Waals surface area contributed by atoms with Gasteiger partial charge in [-0.05, 0) is 39.5 Å². The molecule has 7 heteroatoms. The average molecular weight is 342 g/mol. The molecule has 20 heavy (non-hydrogen) atoms. The van der Waals surface area contributed by atoms with E-state index in [4.69, 9.17) is 5.11 Å². The Kier molecular flexibility index (Phi) is 4.17. The summed E-state index contributed by atoms with van der Waals surface area (Å²) in [6.45, 7) is 4.09. The summed E-state index contributed by atoms with van der Waals surface area (Å²) in [5.41, 5.74) is 1.32. The lowest BCUT2D eigenvalue weighted by Gasteiger charge is -2.10. The Bertz CT molecular complexity index is 655. The van der Waals surface area contributed by atoms with Gasteiger partial charge in [-0.1, -0.05) is 25.1 Å². The largest absolute Gasteiger partial charge is 0.476 e. The molecule has 0 spiro atoms. The Morgan fingerprint density at radius 3 is 2.75 bits per heavy atom. The first kappa shape index (κ1) is 14.6. The number of carboxylic acids is 1. The number of carbonyl (C=O) groups is 1. The predicted molar refractivity (Wildman–Crippen MR) is 74.3 cm³/mol. The van der Waals surface area contributed by atoms with Crippen LogP contribution in [0, 0.1) is 5.82 Å². The quantitative estimate of drug-likeness (QED) is 0.927. The molecule has 0 atom stereocenters. The van der Waals surface area contributed by atoms with Gasteiger partial charge in [0.1, 0.15) is 5.82 Å². The summed E-state index contributed by atoms with van der Waals surface area (Å²) in [4.78, 5) is 11.1. The second kappa shape index (κ2) is 5.70. The van der Waals surface area contributed by atoms with Crippen LogP contribution < -0.4 is 0 Å². The van der Waals surface area contributed by atoms with Gasteiger partial charge in [0.15, 0.2) is 5.69 Å². The normalized spacial score (nSPS) is 11.1. The number of halogens is 2. The van der Waals surface area contributed by atoms with Gasteiger partial charge < -0.3 is 5.11 Å².